The SMILES string of the molecule is CCN(CC)Sc1ccc(C(=O)NNC(=O)Cc2ccc(Cl)c(Oc3cc(Cl)cc(Br)c3)c2F)cc1. The van der Waals surface area contributed by atoms with Crippen molar-refractivity contribution in [1.82, 2.24) is 15.2 Å². The lowest BCUT2D eigenvalue weighted by Crippen LogP contribution is -2.42. The molecule has 0 unspecified atom stereocenters. The van der Waals surface area contributed by atoms with Crippen molar-refractivity contribution < 1.29 is 18.7 Å². The molecule has 0 aliphatic heterocycles. The highest BCUT2D eigenvalue weighted by Gasteiger charge is 2.18. The van der Waals surface area contributed by atoms with E-state index in [-0.39, 0.29) is 28.5 Å². The van der Waals surface area contributed by atoms with Crippen molar-refractivity contribution in [3.63, 3.8) is 0 Å². The van der Waals surface area contributed by atoms with E-state index in [9.17, 15) is 9.59 Å². The van der Waals surface area contributed by atoms with Crippen molar-refractivity contribution in [3.8, 4) is 11.5 Å². The number of hydrogen-bond donors (Lipinski definition) is 2. The summed E-state index contributed by atoms with van der Waals surface area (Å²) in [5, 5.41) is 0.420. The second-order valence-electron chi connectivity index (χ2n) is 7.47. The van der Waals surface area contributed by atoms with Crippen LogP contribution < -0.4 is 15.6 Å². The minimum absolute atomic E-state index is 0.0312. The molecule has 190 valence electrons. The van der Waals surface area contributed by atoms with Gasteiger partial charge in [0.1, 0.15) is 5.75 Å². The van der Waals surface area contributed by atoms with Gasteiger partial charge in [-0.1, -0.05) is 59.0 Å². The molecule has 6 nitrogen and oxygen atoms in total. The van der Waals surface area contributed by atoms with Gasteiger partial charge in [0, 0.05) is 38.6 Å². The van der Waals surface area contributed by atoms with E-state index in [1.165, 1.54) is 18.2 Å². The number of benzene rings is 3. The van der Waals surface area contributed by atoms with E-state index < -0.39 is 17.6 Å². The van der Waals surface area contributed by atoms with Gasteiger partial charge in [0.2, 0.25) is 5.91 Å². The first-order valence-corrected chi connectivity index (χ1v) is 13.2. The van der Waals surface area contributed by atoms with E-state index in [1.54, 1.807) is 36.2 Å². The number of hydrazine groups is 1. The van der Waals surface area contributed by atoms with E-state index in [4.69, 9.17) is 27.9 Å². The summed E-state index contributed by atoms with van der Waals surface area (Å²) in [6, 6.07) is 14.6. The average Bonchev–Trinajstić information content (AvgIpc) is 2.85. The van der Waals surface area contributed by atoms with Crippen LogP contribution in [0.15, 0.2) is 64.0 Å². The van der Waals surface area contributed by atoms with Crippen LogP contribution in [0.5, 0.6) is 11.5 Å². The number of nitrogens with one attached hydrogen (secondary N) is 2. The van der Waals surface area contributed by atoms with Gasteiger partial charge in [0.15, 0.2) is 11.6 Å². The molecule has 0 aliphatic carbocycles. The smallest absolute Gasteiger partial charge is 0.269 e. The predicted molar refractivity (Wildman–Crippen MR) is 145 cm³/mol. The predicted octanol–water partition coefficient (Wildman–Crippen LogP) is 7.04. The van der Waals surface area contributed by atoms with Crippen LogP contribution in [0.2, 0.25) is 10.0 Å². The first-order chi connectivity index (χ1) is 17.2. The van der Waals surface area contributed by atoms with Gasteiger partial charge in [-0.2, -0.15) is 0 Å². The molecule has 0 fully saturated rings. The summed E-state index contributed by atoms with van der Waals surface area (Å²) in [5.74, 6) is -1.86. The Kier molecular flexibility index (Phi) is 10.4. The molecule has 36 heavy (non-hydrogen) atoms. The van der Waals surface area contributed by atoms with E-state index in [0.29, 0.717) is 15.1 Å². The molecule has 0 aliphatic rings. The fourth-order valence-corrected chi connectivity index (χ4v) is 4.92. The number of halogens is 4. The topological polar surface area (TPSA) is 70.7 Å². The van der Waals surface area contributed by atoms with Crippen molar-refractivity contribution in [1.29, 1.82) is 0 Å². The first-order valence-electron chi connectivity index (χ1n) is 10.9. The lowest BCUT2D eigenvalue weighted by molar-refractivity contribution is -0.121. The van der Waals surface area contributed by atoms with Crippen LogP contribution >= 0.6 is 51.1 Å². The van der Waals surface area contributed by atoms with Crippen LogP contribution in [0.3, 0.4) is 0 Å². The zero-order valence-corrected chi connectivity index (χ0v) is 23.3. The van der Waals surface area contributed by atoms with Crippen LogP contribution in [0.4, 0.5) is 4.39 Å². The summed E-state index contributed by atoms with van der Waals surface area (Å²) < 4.78 is 23.5. The summed E-state index contributed by atoms with van der Waals surface area (Å²) in [6.07, 6.45) is -0.349. The highest BCUT2D eigenvalue weighted by atomic mass is 79.9. The molecule has 0 saturated carbocycles. The van der Waals surface area contributed by atoms with Crippen LogP contribution in [0.25, 0.3) is 0 Å². The van der Waals surface area contributed by atoms with Crippen LogP contribution in [-0.2, 0) is 11.2 Å². The van der Waals surface area contributed by atoms with Gasteiger partial charge in [0.25, 0.3) is 5.91 Å². The molecular weight excluding hydrogens is 592 g/mol. The number of nitrogens with zero attached hydrogens (tertiary/aromatic N) is 1. The highest BCUT2D eigenvalue weighted by molar-refractivity contribution is 9.10. The molecule has 0 spiro atoms. The van der Waals surface area contributed by atoms with Crippen molar-refractivity contribution in [2.45, 2.75) is 25.2 Å². The largest absolute Gasteiger partial charge is 0.453 e. The maximum absolute atomic E-state index is 15.1. The lowest BCUT2D eigenvalue weighted by Gasteiger charge is -2.16. The van der Waals surface area contributed by atoms with Crippen molar-refractivity contribution in [3.05, 3.63) is 86.1 Å². The molecule has 0 saturated heterocycles. The molecule has 2 amide bonds. The summed E-state index contributed by atoms with van der Waals surface area (Å²) in [7, 11) is 0. The zero-order valence-electron chi connectivity index (χ0n) is 19.4. The quantitative estimate of drug-likeness (QED) is 0.200. The van der Waals surface area contributed by atoms with Gasteiger partial charge in [0.05, 0.1) is 11.4 Å². The molecule has 0 aromatic heterocycles. The Labute approximate surface area is 231 Å². The van der Waals surface area contributed by atoms with E-state index >= 15 is 4.39 Å². The summed E-state index contributed by atoms with van der Waals surface area (Å²) in [6.45, 7) is 5.94. The van der Waals surface area contributed by atoms with Gasteiger partial charge in [-0.15, -0.1) is 0 Å². The maximum Gasteiger partial charge on any atom is 0.269 e. The number of ether oxygens (including phenoxy) is 1. The Morgan fingerprint density at radius 1 is 1.03 bits per heavy atom. The minimum Gasteiger partial charge on any atom is -0.453 e. The Morgan fingerprint density at radius 2 is 1.72 bits per heavy atom. The average molecular weight is 615 g/mol. The minimum atomic E-state index is -0.790. The van der Waals surface area contributed by atoms with Gasteiger partial charge >= 0.3 is 0 Å². The molecular formula is C25H23BrCl2FN3O3S. The highest BCUT2D eigenvalue weighted by Crippen LogP contribution is 2.36. The third kappa shape index (κ3) is 7.85. The summed E-state index contributed by atoms with van der Waals surface area (Å²) >= 11 is 17.0. The third-order valence-corrected chi connectivity index (χ3v) is 7.14. The number of carbonyl (C=O) groups is 2. The van der Waals surface area contributed by atoms with Crippen LogP contribution in [0.1, 0.15) is 29.8 Å². The zero-order chi connectivity index (χ0) is 26.2. The summed E-state index contributed by atoms with van der Waals surface area (Å²) in [5.41, 5.74) is 5.07. The first kappa shape index (κ1) is 28.3. The molecule has 3 aromatic carbocycles. The fraction of sp³-hybridized carbons (Fsp3) is 0.200. The molecule has 3 aromatic rings. The molecule has 3 rings (SSSR count). The normalized spacial score (nSPS) is 10.9. The fourth-order valence-electron chi connectivity index (χ4n) is 3.09. The molecule has 0 radical (unpaired) electrons. The third-order valence-electron chi connectivity index (χ3n) is 4.91. The summed E-state index contributed by atoms with van der Waals surface area (Å²) in [4.78, 5) is 25.8. The van der Waals surface area contributed by atoms with Crippen molar-refractivity contribution in [2.24, 2.45) is 0 Å². The standard InChI is InChI=1S/C25H23BrCl2FN3O3S/c1-3-32(4-2)36-20-8-5-15(6-9-20)25(34)31-30-22(33)11-16-7-10-21(28)24(23(16)29)35-19-13-17(26)12-18(27)14-19/h5-10,12-14H,3-4,11H2,1-2H3,(H,30,33)(H,31,34). The van der Waals surface area contributed by atoms with Gasteiger partial charge < -0.3 is 4.74 Å². The number of carbonyl (C=O) groups excluding carboxylic acids is 2. The van der Waals surface area contributed by atoms with E-state index in [0.717, 1.165) is 18.0 Å². The van der Waals surface area contributed by atoms with E-state index in [2.05, 4.69) is 44.9 Å². The molecule has 2 N–H and O–H groups in total. The second kappa shape index (κ2) is 13.3. The van der Waals surface area contributed by atoms with Crippen LogP contribution in [-0.4, -0.2) is 29.2 Å². The Morgan fingerprint density at radius 3 is 2.36 bits per heavy atom. The molecule has 0 bridgehead atoms. The van der Waals surface area contributed by atoms with Crippen LogP contribution in [0, 0.1) is 5.82 Å². The maximum atomic E-state index is 15.1. The Bertz CT molecular complexity index is 1220. The Balaban J connectivity index is 1.60. The molecule has 0 atom stereocenters. The van der Waals surface area contributed by atoms with Gasteiger partial charge in [-0.25, -0.2) is 8.70 Å². The number of hydrogen-bond acceptors (Lipinski definition) is 5. The molecule has 0 heterocycles. The Hall–Kier alpha value is -2.30. The number of rotatable bonds is 9. The van der Waals surface area contributed by atoms with Crippen molar-refractivity contribution in [2.75, 3.05) is 13.1 Å². The van der Waals surface area contributed by atoms with Gasteiger partial charge in [-0.05, 0) is 60.5 Å². The second-order valence-corrected chi connectivity index (χ2v) is 10.4. The molecule has 11 heteroatoms. The number of amides is 2. The van der Waals surface area contributed by atoms with E-state index in [1.807, 2.05) is 12.1 Å². The lowest BCUT2D eigenvalue weighted by atomic mass is 10.1. The monoisotopic (exact) mass is 613 g/mol. The van der Waals surface area contributed by atoms with Gasteiger partial charge in [-0.3, -0.25) is 20.4 Å². The van der Waals surface area contributed by atoms with Crippen molar-refractivity contribution >= 4 is 62.9 Å².